The van der Waals surface area contributed by atoms with Gasteiger partial charge >= 0.3 is 6.09 Å². The van der Waals surface area contributed by atoms with Gasteiger partial charge in [0, 0.05) is 68.8 Å². The standard InChI is InChI=1S/C82H115N9O23/c1-54(2)75(87-73(93)22-27-104-29-31-106-33-35-108-37-39-110-41-42-111-40-38-109-36-34-107-32-30-105-28-23-83-72(92)21-24-88-74(94)47-62(78(88)97)59-15-11-8-9-12-16-59)77(96)85-57(5)76(95)86-60-19-17-58(18-20-60)53-114-82(101)91-66-49-71(69(103-7)46-64(66)80(99)90-52-56(4)44-67(90)81(91)100)113-26-14-10-13-25-112-70-48-65-63(45-68(70)102-6)79(98)89-51-55(3)43-61(89)50-84-65/h17-20,45-46,48-52,54,57,59,61-62,67,75,81,100H,8-16,21-44,47,53H2,1-7H3,(H,83,92)(H,85,96)(H,86,95)(H,87,93)/t57-,61-,62?,67-,75-,81-/m0/s1. The van der Waals surface area contributed by atoms with E-state index in [2.05, 4.69) is 26.3 Å². The largest absolute Gasteiger partial charge is 0.493 e. The second-order valence-corrected chi connectivity index (χ2v) is 29.2. The molecule has 1 aliphatic carbocycles. The number of carbonyl (C=O) groups is 9. The number of likely N-dealkylation sites (tertiary alicyclic amines) is 1. The van der Waals surface area contributed by atoms with Crippen LogP contribution in [0.4, 0.5) is 21.9 Å². The molecule has 3 aromatic rings. The highest BCUT2D eigenvalue weighted by atomic mass is 16.6. The lowest BCUT2D eigenvalue weighted by Crippen LogP contribution is -2.53. The molecule has 0 bridgehead atoms. The van der Waals surface area contributed by atoms with Gasteiger partial charge in [-0.1, -0.05) is 62.8 Å². The highest BCUT2D eigenvalue weighted by molar-refractivity contribution is 6.07. The molecule has 5 heterocycles. The van der Waals surface area contributed by atoms with Crippen molar-refractivity contribution in [2.75, 3.05) is 156 Å². The first-order valence-corrected chi connectivity index (χ1v) is 39.8. The second kappa shape index (κ2) is 46.4. The monoisotopic (exact) mass is 1590 g/mol. The first kappa shape index (κ1) is 88.8. The lowest BCUT2D eigenvalue weighted by atomic mass is 9.85. The molecule has 5 aliphatic heterocycles. The number of methoxy groups -OCH3 is 2. The Hall–Kier alpha value is -9.12. The van der Waals surface area contributed by atoms with Crippen LogP contribution in [0.5, 0.6) is 23.0 Å². The molecule has 3 aromatic carbocycles. The van der Waals surface area contributed by atoms with Crippen molar-refractivity contribution < 1.29 is 110 Å². The molecule has 6 atom stereocenters. The van der Waals surface area contributed by atoms with Crippen LogP contribution in [0, 0.1) is 17.8 Å². The number of ether oxygens (including phenoxy) is 13. The number of imide groups is 1. The lowest BCUT2D eigenvalue weighted by Gasteiger charge is -2.31. The summed E-state index contributed by atoms with van der Waals surface area (Å²) in [4.78, 5) is 130. The molecule has 1 unspecified atom stereocenters. The second-order valence-electron chi connectivity index (χ2n) is 29.2. The van der Waals surface area contributed by atoms with Gasteiger partial charge in [-0.05, 0) is 107 Å². The molecule has 9 amide bonds. The van der Waals surface area contributed by atoms with E-state index in [4.69, 9.17) is 61.6 Å². The number of benzene rings is 3. The van der Waals surface area contributed by atoms with Crippen molar-refractivity contribution in [3.63, 3.8) is 0 Å². The molecule has 626 valence electrons. The van der Waals surface area contributed by atoms with Gasteiger partial charge in [0.15, 0.2) is 29.2 Å². The van der Waals surface area contributed by atoms with Crippen molar-refractivity contribution in [1.29, 1.82) is 0 Å². The number of fused-ring (bicyclic) bond motifs is 4. The third-order valence-electron chi connectivity index (χ3n) is 20.3. The van der Waals surface area contributed by atoms with E-state index >= 15 is 0 Å². The van der Waals surface area contributed by atoms with Crippen molar-refractivity contribution in [3.8, 4) is 23.0 Å². The SMILES string of the molecule is COc1cc2c(cc1OCCCCCOc1cc3c(cc1OC)C(=O)N1C=C(C)C[C@H]1[C@H](O)N3C(=O)OCc1ccc(NC(=O)[C@H](C)NC(=O)[C@@H](NC(=O)CCOCCOCCOCCOCCOCCOCCOCCOCCNC(=O)CCN3C(=O)CC(C4CCCCCC4)C3=O)C(C)C)cc1)N=C[C@@H]1CC(C)=CN1C2=O. The number of carbonyl (C=O) groups excluding carboxylic acids is 9. The number of aliphatic hydroxyl groups excluding tert-OH is 1. The fraction of sp³-hybridized carbons (Fsp3) is 0.610. The van der Waals surface area contributed by atoms with Crippen LogP contribution in [0.1, 0.15) is 151 Å². The van der Waals surface area contributed by atoms with Crippen LogP contribution in [0.25, 0.3) is 0 Å². The van der Waals surface area contributed by atoms with Gasteiger partial charge in [-0.15, -0.1) is 0 Å². The average molecular weight is 1590 g/mol. The lowest BCUT2D eigenvalue weighted by molar-refractivity contribution is -0.140. The molecule has 32 heteroatoms. The van der Waals surface area contributed by atoms with Crippen molar-refractivity contribution in [2.24, 2.45) is 22.7 Å². The summed E-state index contributed by atoms with van der Waals surface area (Å²) in [5.41, 5.74) is 3.92. The van der Waals surface area contributed by atoms with E-state index in [9.17, 15) is 48.3 Å². The van der Waals surface area contributed by atoms with Gasteiger partial charge in [0.1, 0.15) is 18.7 Å². The van der Waals surface area contributed by atoms with Crippen LogP contribution in [0.15, 0.2) is 77.1 Å². The van der Waals surface area contributed by atoms with Crippen molar-refractivity contribution in [2.45, 2.75) is 162 Å². The van der Waals surface area contributed by atoms with Gasteiger partial charge in [-0.25, -0.2) is 9.69 Å². The minimum Gasteiger partial charge on any atom is -0.493 e. The van der Waals surface area contributed by atoms with E-state index < -0.39 is 54.1 Å². The average Bonchev–Trinajstić information content (AvgIpc) is 1.60. The van der Waals surface area contributed by atoms with E-state index in [1.807, 2.05) is 20.0 Å². The number of rotatable bonds is 49. The fourth-order valence-corrected chi connectivity index (χ4v) is 14.1. The molecule has 0 spiro atoms. The molecular weight excluding hydrogens is 1480 g/mol. The predicted octanol–water partition coefficient (Wildman–Crippen LogP) is 7.72. The molecule has 9 rings (SSSR count). The summed E-state index contributed by atoms with van der Waals surface area (Å²) in [6, 6.07) is 9.94. The fourth-order valence-electron chi connectivity index (χ4n) is 14.1. The number of hydrogen-bond acceptors (Lipinski definition) is 24. The summed E-state index contributed by atoms with van der Waals surface area (Å²) in [5, 5.41) is 23.0. The van der Waals surface area contributed by atoms with Crippen LogP contribution < -0.4 is 45.1 Å². The van der Waals surface area contributed by atoms with E-state index in [0.29, 0.717) is 159 Å². The van der Waals surface area contributed by atoms with Gasteiger partial charge in [-0.3, -0.25) is 48.2 Å². The van der Waals surface area contributed by atoms with E-state index in [1.165, 1.54) is 55.9 Å². The molecule has 5 N–H and O–H groups in total. The Kier molecular flexibility index (Phi) is 36.2. The number of hydrogen-bond donors (Lipinski definition) is 5. The molecule has 114 heavy (non-hydrogen) atoms. The van der Waals surface area contributed by atoms with E-state index in [1.54, 1.807) is 67.6 Å². The predicted molar refractivity (Wildman–Crippen MR) is 419 cm³/mol. The molecule has 1 saturated heterocycles. The van der Waals surface area contributed by atoms with E-state index in [-0.39, 0.29) is 129 Å². The number of aliphatic imine (C=N–C) groups is 1. The Labute approximate surface area is 666 Å². The molecule has 2 fully saturated rings. The summed E-state index contributed by atoms with van der Waals surface area (Å²) in [5.74, 6) is -1.53. The topological polar surface area (TPSA) is 367 Å². The Morgan fingerprint density at radius 3 is 1.70 bits per heavy atom. The number of nitrogens with zero attached hydrogens (tertiary/aromatic N) is 5. The molecule has 1 saturated carbocycles. The summed E-state index contributed by atoms with van der Waals surface area (Å²) in [6.45, 7) is 15.1. The number of amides is 9. The number of anilines is 2. The summed E-state index contributed by atoms with van der Waals surface area (Å²) >= 11 is 0. The van der Waals surface area contributed by atoms with Crippen molar-refractivity contribution in [3.05, 3.63) is 88.8 Å². The maximum absolute atomic E-state index is 14.3. The van der Waals surface area contributed by atoms with E-state index in [0.717, 1.165) is 48.2 Å². The van der Waals surface area contributed by atoms with Crippen LogP contribution in [-0.2, 0) is 78.0 Å². The van der Waals surface area contributed by atoms with Crippen LogP contribution in [-0.4, -0.2) is 256 Å². The molecular formula is C82H115N9O23. The maximum Gasteiger partial charge on any atom is 0.416 e. The van der Waals surface area contributed by atoms with Crippen LogP contribution in [0.3, 0.4) is 0 Å². The van der Waals surface area contributed by atoms with Gasteiger partial charge in [0.2, 0.25) is 35.4 Å². The first-order chi connectivity index (χ1) is 55.2. The summed E-state index contributed by atoms with van der Waals surface area (Å²) in [7, 11) is 2.96. The normalized spacial score (nSPS) is 18.6. The van der Waals surface area contributed by atoms with Gasteiger partial charge in [-0.2, -0.15) is 0 Å². The molecule has 32 nitrogen and oxygen atoms in total. The van der Waals surface area contributed by atoms with Gasteiger partial charge in [0.05, 0.1) is 174 Å². The minimum atomic E-state index is -1.53. The smallest absolute Gasteiger partial charge is 0.416 e. The summed E-state index contributed by atoms with van der Waals surface area (Å²) < 4.78 is 73.9. The highest BCUT2D eigenvalue weighted by Crippen LogP contribution is 2.43. The third kappa shape index (κ3) is 26.5. The van der Waals surface area contributed by atoms with Crippen molar-refractivity contribution >= 4 is 76.6 Å². The first-order valence-electron chi connectivity index (χ1n) is 39.8. The Morgan fingerprint density at radius 2 is 1.11 bits per heavy atom. The third-order valence-corrected chi connectivity index (χ3v) is 20.3. The van der Waals surface area contributed by atoms with Gasteiger partial charge < -0.3 is 97.8 Å². The number of unbranched alkanes of at least 4 members (excludes halogenated alkanes) is 2. The zero-order valence-electron chi connectivity index (χ0n) is 66.9. The zero-order chi connectivity index (χ0) is 81.3. The molecule has 0 aromatic heterocycles. The minimum absolute atomic E-state index is 0.0136. The Morgan fingerprint density at radius 1 is 0.570 bits per heavy atom. The Balaban J connectivity index is 0.572. The Bertz CT molecular complexity index is 3790. The van der Waals surface area contributed by atoms with Crippen LogP contribution >= 0.6 is 0 Å². The maximum atomic E-state index is 14.3. The summed E-state index contributed by atoms with van der Waals surface area (Å²) in [6.07, 6.45) is 12.7. The number of aliphatic hydroxyl groups is 1. The quantitative estimate of drug-likeness (QED) is 0.0205. The zero-order valence-corrected chi connectivity index (χ0v) is 66.9. The van der Waals surface area contributed by atoms with Crippen molar-refractivity contribution in [1.82, 2.24) is 30.7 Å². The molecule has 6 aliphatic rings. The van der Waals surface area contributed by atoms with Crippen LogP contribution in [0.2, 0.25) is 0 Å². The highest BCUT2D eigenvalue weighted by Gasteiger charge is 2.46. The van der Waals surface area contributed by atoms with Gasteiger partial charge in [0.25, 0.3) is 11.8 Å². The molecule has 0 radical (unpaired) electrons. The number of nitrogens with one attached hydrogen (secondary N) is 4.